The molecule has 2 amide bonds. The Morgan fingerprint density at radius 1 is 1.04 bits per heavy atom. The van der Waals surface area contributed by atoms with Crippen molar-refractivity contribution in [3.63, 3.8) is 0 Å². The van der Waals surface area contributed by atoms with E-state index in [0.717, 1.165) is 11.1 Å². The molecule has 0 aromatic heterocycles. The molecule has 0 bridgehead atoms. The summed E-state index contributed by atoms with van der Waals surface area (Å²) in [7, 11) is 0. The molecule has 0 fully saturated rings. The van der Waals surface area contributed by atoms with E-state index in [0.29, 0.717) is 6.42 Å². The highest BCUT2D eigenvalue weighted by molar-refractivity contribution is 5.83. The smallest absolute Gasteiger partial charge is 0.252 e. The predicted molar refractivity (Wildman–Crippen MR) is 98.3 cm³/mol. The highest BCUT2D eigenvalue weighted by Crippen LogP contribution is 2.31. The first-order chi connectivity index (χ1) is 12.0. The zero-order valence-electron chi connectivity index (χ0n) is 14.7. The van der Waals surface area contributed by atoms with Gasteiger partial charge in [0.1, 0.15) is 0 Å². The summed E-state index contributed by atoms with van der Waals surface area (Å²) >= 11 is 0. The number of carbonyl (C=O) groups excluding carboxylic acids is 2. The fourth-order valence-corrected chi connectivity index (χ4v) is 2.89. The summed E-state index contributed by atoms with van der Waals surface area (Å²) in [5, 5.41) is 1.44. The lowest BCUT2D eigenvalue weighted by atomic mass is 9.84. The molecule has 2 rings (SSSR count). The number of hydrogen-bond acceptors (Lipinski definition) is 3. The Hall–Kier alpha value is -2.66. The van der Waals surface area contributed by atoms with E-state index in [9.17, 15) is 9.59 Å². The zero-order valence-corrected chi connectivity index (χ0v) is 14.7. The van der Waals surface area contributed by atoms with E-state index in [-0.39, 0.29) is 18.9 Å². The molecule has 0 saturated carbocycles. The SMILES string of the molecule is CCC(=O)N(NC(=O)CN)C(C)(Cc1ccccc1)c1ccccc1. The van der Waals surface area contributed by atoms with Crippen LogP contribution in [0.2, 0.25) is 0 Å². The molecule has 1 unspecified atom stereocenters. The average molecular weight is 339 g/mol. The van der Waals surface area contributed by atoms with Crippen LogP contribution in [0.25, 0.3) is 0 Å². The van der Waals surface area contributed by atoms with Crippen LogP contribution in [0, 0.1) is 0 Å². The molecule has 3 N–H and O–H groups in total. The lowest BCUT2D eigenvalue weighted by Crippen LogP contribution is -2.58. The molecule has 5 heteroatoms. The normalized spacial score (nSPS) is 12.9. The van der Waals surface area contributed by atoms with Gasteiger partial charge in [-0.15, -0.1) is 0 Å². The second-order valence-electron chi connectivity index (χ2n) is 6.12. The maximum atomic E-state index is 12.6. The van der Waals surface area contributed by atoms with E-state index in [1.165, 1.54) is 5.01 Å². The molecule has 0 aliphatic carbocycles. The van der Waals surface area contributed by atoms with Gasteiger partial charge in [0.15, 0.2) is 0 Å². The van der Waals surface area contributed by atoms with Crippen LogP contribution < -0.4 is 11.2 Å². The molecule has 132 valence electrons. The molecule has 0 heterocycles. The lowest BCUT2D eigenvalue weighted by molar-refractivity contribution is -0.149. The van der Waals surface area contributed by atoms with Crippen LogP contribution in [0.1, 0.15) is 31.4 Å². The maximum Gasteiger partial charge on any atom is 0.252 e. The molecule has 2 aromatic carbocycles. The number of amides is 2. The topological polar surface area (TPSA) is 75.4 Å². The van der Waals surface area contributed by atoms with Gasteiger partial charge in [-0.05, 0) is 18.1 Å². The van der Waals surface area contributed by atoms with Gasteiger partial charge in [-0.25, -0.2) is 5.01 Å². The molecule has 0 aliphatic rings. The van der Waals surface area contributed by atoms with Gasteiger partial charge >= 0.3 is 0 Å². The molecule has 0 aliphatic heterocycles. The van der Waals surface area contributed by atoms with Crippen LogP contribution in [0.5, 0.6) is 0 Å². The number of rotatable bonds is 6. The Bertz CT molecular complexity index is 703. The van der Waals surface area contributed by atoms with Crippen molar-refractivity contribution in [1.29, 1.82) is 0 Å². The molecule has 0 saturated heterocycles. The first-order valence-corrected chi connectivity index (χ1v) is 8.43. The van der Waals surface area contributed by atoms with Crippen molar-refractivity contribution in [2.75, 3.05) is 6.54 Å². The highest BCUT2D eigenvalue weighted by atomic mass is 16.2. The summed E-state index contributed by atoms with van der Waals surface area (Å²) in [6.45, 7) is 3.56. The fourth-order valence-electron chi connectivity index (χ4n) is 2.89. The number of hydrazine groups is 1. The summed E-state index contributed by atoms with van der Waals surface area (Å²) in [5.74, 6) is -0.555. The van der Waals surface area contributed by atoms with Crippen molar-refractivity contribution in [2.24, 2.45) is 5.73 Å². The number of carbonyl (C=O) groups is 2. The summed E-state index contributed by atoms with van der Waals surface area (Å²) < 4.78 is 0. The highest BCUT2D eigenvalue weighted by Gasteiger charge is 2.37. The van der Waals surface area contributed by atoms with Gasteiger partial charge < -0.3 is 5.73 Å². The number of benzene rings is 2. The molecular formula is C20H25N3O2. The second kappa shape index (κ2) is 8.44. The largest absolute Gasteiger partial charge is 0.322 e. The maximum absolute atomic E-state index is 12.6. The Kier molecular flexibility index (Phi) is 6.31. The van der Waals surface area contributed by atoms with Crippen LogP contribution in [0.15, 0.2) is 60.7 Å². The fraction of sp³-hybridized carbons (Fsp3) is 0.300. The number of hydrogen-bond donors (Lipinski definition) is 2. The van der Waals surface area contributed by atoms with Gasteiger partial charge in [0, 0.05) is 12.8 Å². The van der Waals surface area contributed by atoms with Gasteiger partial charge in [-0.1, -0.05) is 67.6 Å². The van der Waals surface area contributed by atoms with Crippen molar-refractivity contribution >= 4 is 11.8 Å². The summed E-state index contributed by atoms with van der Waals surface area (Å²) in [6.07, 6.45) is 0.844. The van der Waals surface area contributed by atoms with E-state index in [1.54, 1.807) is 6.92 Å². The van der Waals surface area contributed by atoms with Gasteiger partial charge in [0.2, 0.25) is 5.91 Å². The monoisotopic (exact) mass is 339 g/mol. The number of nitrogens with one attached hydrogen (secondary N) is 1. The Balaban J connectivity index is 2.50. The Labute approximate surface area is 148 Å². The minimum Gasteiger partial charge on any atom is -0.322 e. The third-order valence-electron chi connectivity index (χ3n) is 4.25. The third kappa shape index (κ3) is 4.45. The van der Waals surface area contributed by atoms with Crippen LogP contribution in [-0.4, -0.2) is 23.4 Å². The van der Waals surface area contributed by atoms with Crippen molar-refractivity contribution in [1.82, 2.24) is 10.4 Å². The van der Waals surface area contributed by atoms with Gasteiger partial charge in [-0.2, -0.15) is 0 Å². The molecule has 25 heavy (non-hydrogen) atoms. The van der Waals surface area contributed by atoms with Crippen LogP contribution in [0.3, 0.4) is 0 Å². The quantitative estimate of drug-likeness (QED) is 0.794. The van der Waals surface area contributed by atoms with Gasteiger partial charge in [0.05, 0.1) is 12.1 Å². The third-order valence-corrected chi connectivity index (χ3v) is 4.25. The predicted octanol–water partition coefficient (Wildman–Crippen LogP) is 2.37. The summed E-state index contributed by atoms with van der Waals surface area (Å²) in [4.78, 5) is 24.6. The standard InChI is InChI=1S/C20H25N3O2/c1-3-19(25)23(22-18(24)15-21)20(2,17-12-8-5-9-13-17)14-16-10-6-4-7-11-16/h4-13H,3,14-15,21H2,1-2H3,(H,22,24). The van der Waals surface area contributed by atoms with Crippen LogP contribution in [0.4, 0.5) is 0 Å². The number of nitrogens with two attached hydrogens (primary N) is 1. The molecule has 0 radical (unpaired) electrons. The molecule has 5 nitrogen and oxygen atoms in total. The van der Waals surface area contributed by atoms with Crippen molar-refractivity contribution < 1.29 is 9.59 Å². The van der Waals surface area contributed by atoms with Crippen LogP contribution in [-0.2, 0) is 21.5 Å². The van der Waals surface area contributed by atoms with Crippen molar-refractivity contribution in [2.45, 2.75) is 32.2 Å². The number of nitrogens with zero attached hydrogens (tertiary/aromatic N) is 1. The molecule has 0 spiro atoms. The van der Waals surface area contributed by atoms with Crippen molar-refractivity contribution in [3.8, 4) is 0 Å². The van der Waals surface area contributed by atoms with Gasteiger partial charge in [-0.3, -0.25) is 15.0 Å². The summed E-state index contributed by atoms with van der Waals surface area (Å²) in [6, 6.07) is 19.6. The molecular weight excluding hydrogens is 314 g/mol. The summed E-state index contributed by atoms with van der Waals surface area (Å²) in [5.41, 5.74) is 9.42. The molecule has 2 aromatic rings. The minimum atomic E-state index is -0.736. The molecule has 1 atom stereocenters. The first kappa shape index (κ1) is 18.7. The second-order valence-corrected chi connectivity index (χ2v) is 6.12. The lowest BCUT2D eigenvalue weighted by Gasteiger charge is -2.41. The van der Waals surface area contributed by atoms with E-state index < -0.39 is 11.4 Å². The van der Waals surface area contributed by atoms with E-state index in [4.69, 9.17) is 5.73 Å². The minimum absolute atomic E-state index is 0.163. The van der Waals surface area contributed by atoms with Gasteiger partial charge in [0.25, 0.3) is 5.91 Å². The Morgan fingerprint density at radius 2 is 1.60 bits per heavy atom. The van der Waals surface area contributed by atoms with E-state index >= 15 is 0 Å². The van der Waals surface area contributed by atoms with Crippen LogP contribution >= 0.6 is 0 Å². The average Bonchev–Trinajstić information content (AvgIpc) is 2.66. The first-order valence-electron chi connectivity index (χ1n) is 8.43. The zero-order chi connectivity index (χ0) is 18.3. The van der Waals surface area contributed by atoms with Crippen molar-refractivity contribution in [3.05, 3.63) is 71.8 Å². The van der Waals surface area contributed by atoms with E-state index in [1.807, 2.05) is 67.6 Å². The van der Waals surface area contributed by atoms with E-state index in [2.05, 4.69) is 5.43 Å². The Morgan fingerprint density at radius 3 is 2.12 bits per heavy atom.